The smallest absolute Gasteiger partial charge is 0.405 e. The van der Waals surface area contributed by atoms with Gasteiger partial charge in [-0.05, 0) is 6.42 Å². The fourth-order valence-electron chi connectivity index (χ4n) is 1.29. The molecule has 0 aliphatic rings. The number of primary amides is 1. The van der Waals surface area contributed by atoms with Crippen LogP contribution in [-0.2, 0) is 14.3 Å². The number of nitrogens with two attached hydrogens (primary N) is 1. The van der Waals surface area contributed by atoms with E-state index >= 15 is 0 Å². The largest absolute Gasteiger partial charge is 0.465 e. The number of hydrogen-bond donors (Lipinski definition) is 3. The molecule has 92 valence electrons. The van der Waals surface area contributed by atoms with Gasteiger partial charge in [0.15, 0.2) is 6.10 Å². The van der Waals surface area contributed by atoms with E-state index in [0.29, 0.717) is 12.8 Å². The van der Waals surface area contributed by atoms with E-state index in [1.165, 1.54) is 0 Å². The summed E-state index contributed by atoms with van der Waals surface area (Å²) in [6.45, 7) is 2.93. The first-order valence-corrected chi connectivity index (χ1v) is 4.84. The average molecular weight is 232 g/mol. The van der Waals surface area contributed by atoms with Crippen molar-refractivity contribution in [3.8, 4) is 0 Å². The maximum Gasteiger partial charge on any atom is 0.405 e. The Morgan fingerprint density at radius 3 is 2.31 bits per heavy atom. The lowest BCUT2D eigenvalue weighted by Crippen LogP contribution is -2.50. The zero-order valence-corrected chi connectivity index (χ0v) is 9.23. The minimum Gasteiger partial charge on any atom is -0.465 e. The highest BCUT2D eigenvalue weighted by atomic mass is 16.5. The molecule has 7 nitrogen and oxygen atoms in total. The number of nitrogens with one attached hydrogen (secondary N) is 1. The molecular weight excluding hydrogens is 216 g/mol. The monoisotopic (exact) mass is 232 g/mol. The van der Waals surface area contributed by atoms with Crippen LogP contribution in [0.2, 0.25) is 0 Å². The first-order chi connectivity index (χ1) is 7.38. The van der Waals surface area contributed by atoms with E-state index in [1.807, 2.05) is 6.92 Å². The van der Waals surface area contributed by atoms with E-state index in [4.69, 9.17) is 10.8 Å². The van der Waals surface area contributed by atoms with Crippen molar-refractivity contribution < 1.29 is 24.2 Å². The highest BCUT2D eigenvalue weighted by Gasteiger charge is 2.30. The van der Waals surface area contributed by atoms with Gasteiger partial charge >= 0.3 is 12.1 Å². The highest BCUT2D eigenvalue weighted by molar-refractivity contribution is 5.83. The number of esters is 1. The predicted molar refractivity (Wildman–Crippen MR) is 54.6 cm³/mol. The Morgan fingerprint density at radius 1 is 1.44 bits per heavy atom. The summed E-state index contributed by atoms with van der Waals surface area (Å²) in [4.78, 5) is 32.3. The van der Waals surface area contributed by atoms with Gasteiger partial charge in [0.1, 0.15) is 0 Å². The molecule has 7 heteroatoms. The molecule has 0 aliphatic heterocycles. The molecule has 0 aromatic rings. The number of amides is 2. The van der Waals surface area contributed by atoms with E-state index in [0.717, 1.165) is 6.92 Å². The van der Waals surface area contributed by atoms with E-state index in [9.17, 15) is 14.4 Å². The second-order valence-electron chi connectivity index (χ2n) is 3.28. The number of ether oxygens (including phenoxy) is 1. The van der Waals surface area contributed by atoms with Crippen molar-refractivity contribution in [2.24, 2.45) is 5.73 Å². The van der Waals surface area contributed by atoms with Gasteiger partial charge in [-0.1, -0.05) is 13.3 Å². The Morgan fingerprint density at radius 2 is 2.00 bits per heavy atom. The van der Waals surface area contributed by atoms with Crippen LogP contribution in [0.25, 0.3) is 0 Å². The molecule has 4 N–H and O–H groups in total. The standard InChI is InChI=1S/C9H16N2O5/c1-3-4-6(11-9(14)15)7(8(10)13)16-5(2)12/h6-7,11H,3-4H2,1-2H3,(H2,10,13)(H,14,15)/t6-,7?/m0/s1. The van der Waals surface area contributed by atoms with Crippen LogP contribution in [0.4, 0.5) is 4.79 Å². The SMILES string of the molecule is CCC[C@H](NC(=O)O)C(OC(C)=O)C(N)=O. The fourth-order valence-corrected chi connectivity index (χ4v) is 1.29. The molecule has 0 rings (SSSR count). The van der Waals surface area contributed by atoms with Crippen LogP contribution in [0, 0.1) is 0 Å². The first kappa shape index (κ1) is 14.2. The summed E-state index contributed by atoms with van der Waals surface area (Å²) >= 11 is 0. The molecule has 0 saturated carbocycles. The average Bonchev–Trinajstić information content (AvgIpc) is 2.12. The second-order valence-corrected chi connectivity index (χ2v) is 3.28. The summed E-state index contributed by atoms with van der Waals surface area (Å²) in [5, 5.41) is 10.7. The van der Waals surface area contributed by atoms with Crippen LogP contribution in [0.3, 0.4) is 0 Å². The van der Waals surface area contributed by atoms with Gasteiger partial charge < -0.3 is 20.9 Å². The summed E-state index contributed by atoms with van der Waals surface area (Å²) in [7, 11) is 0. The third-order valence-electron chi connectivity index (χ3n) is 1.85. The molecule has 0 radical (unpaired) electrons. The van der Waals surface area contributed by atoms with E-state index < -0.39 is 30.1 Å². The summed E-state index contributed by atoms with van der Waals surface area (Å²) in [6.07, 6.45) is -1.59. The lowest BCUT2D eigenvalue weighted by Gasteiger charge is -2.23. The van der Waals surface area contributed by atoms with Crippen molar-refractivity contribution >= 4 is 18.0 Å². The van der Waals surface area contributed by atoms with Gasteiger partial charge in [0.25, 0.3) is 5.91 Å². The van der Waals surface area contributed by atoms with Crippen molar-refractivity contribution in [3.05, 3.63) is 0 Å². The van der Waals surface area contributed by atoms with Crippen LogP contribution in [0.15, 0.2) is 0 Å². The summed E-state index contributed by atoms with van der Waals surface area (Å²) in [5.74, 6) is -1.56. The molecule has 0 heterocycles. The lowest BCUT2D eigenvalue weighted by molar-refractivity contribution is -0.154. The molecule has 16 heavy (non-hydrogen) atoms. The number of carbonyl (C=O) groups excluding carboxylic acids is 2. The van der Waals surface area contributed by atoms with Gasteiger partial charge in [0.05, 0.1) is 6.04 Å². The molecule has 0 fully saturated rings. The molecule has 0 aromatic carbocycles. The molecule has 0 spiro atoms. The Kier molecular flexibility index (Phi) is 5.91. The lowest BCUT2D eigenvalue weighted by atomic mass is 10.1. The molecular formula is C9H16N2O5. The highest BCUT2D eigenvalue weighted by Crippen LogP contribution is 2.07. The molecule has 0 aliphatic carbocycles. The Hall–Kier alpha value is -1.79. The summed E-state index contributed by atoms with van der Waals surface area (Å²) < 4.78 is 4.69. The number of carbonyl (C=O) groups is 3. The topological polar surface area (TPSA) is 119 Å². The number of rotatable bonds is 6. The summed E-state index contributed by atoms with van der Waals surface area (Å²) in [6, 6.07) is -0.816. The zero-order chi connectivity index (χ0) is 12.7. The van der Waals surface area contributed by atoms with Gasteiger partial charge in [-0.15, -0.1) is 0 Å². The van der Waals surface area contributed by atoms with Crippen molar-refractivity contribution in [1.29, 1.82) is 0 Å². The third-order valence-corrected chi connectivity index (χ3v) is 1.85. The number of hydrogen-bond acceptors (Lipinski definition) is 4. The van der Waals surface area contributed by atoms with Gasteiger partial charge in [-0.3, -0.25) is 9.59 Å². The van der Waals surface area contributed by atoms with Crippen LogP contribution in [0.1, 0.15) is 26.7 Å². The van der Waals surface area contributed by atoms with Gasteiger partial charge in [-0.25, -0.2) is 4.79 Å². The van der Waals surface area contributed by atoms with Gasteiger partial charge in [0, 0.05) is 6.92 Å². The molecule has 0 bridgehead atoms. The Labute approximate surface area is 92.9 Å². The predicted octanol–water partition coefficient (Wildman–Crippen LogP) is -0.160. The van der Waals surface area contributed by atoms with E-state index in [2.05, 4.69) is 10.1 Å². The summed E-state index contributed by atoms with van der Waals surface area (Å²) in [5.41, 5.74) is 5.04. The van der Waals surface area contributed by atoms with Crippen LogP contribution < -0.4 is 11.1 Å². The third kappa shape index (κ3) is 5.18. The molecule has 0 saturated heterocycles. The maximum atomic E-state index is 11.0. The quantitative estimate of drug-likeness (QED) is 0.550. The van der Waals surface area contributed by atoms with Crippen molar-refractivity contribution in [3.63, 3.8) is 0 Å². The molecule has 2 atom stereocenters. The van der Waals surface area contributed by atoms with Crippen molar-refractivity contribution in [1.82, 2.24) is 5.32 Å². The zero-order valence-electron chi connectivity index (χ0n) is 9.23. The van der Waals surface area contributed by atoms with Crippen LogP contribution in [0.5, 0.6) is 0 Å². The normalized spacial score (nSPS) is 13.6. The Bertz CT molecular complexity index is 279. The second kappa shape index (κ2) is 6.65. The van der Waals surface area contributed by atoms with E-state index in [-0.39, 0.29) is 0 Å². The van der Waals surface area contributed by atoms with Crippen molar-refractivity contribution in [2.75, 3.05) is 0 Å². The van der Waals surface area contributed by atoms with Gasteiger partial charge in [0.2, 0.25) is 0 Å². The number of carboxylic acid groups (broad SMARTS) is 1. The minimum atomic E-state index is -1.29. The van der Waals surface area contributed by atoms with E-state index in [1.54, 1.807) is 0 Å². The Balaban J connectivity index is 4.70. The molecule has 1 unspecified atom stereocenters. The fraction of sp³-hybridized carbons (Fsp3) is 0.667. The van der Waals surface area contributed by atoms with Gasteiger partial charge in [-0.2, -0.15) is 0 Å². The maximum absolute atomic E-state index is 11.0. The van der Waals surface area contributed by atoms with Crippen LogP contribution in [-0.4, -0.2) is 35.2 Å². The molecule has 2 amide bonds. The first-order valence-electron chi connectivity index (χ1n) is 4.84. The van der Waals surface area contributed by atoms with Crippen LogP contribution >= 0.6 is 0 Å². The van der Waals surface area contributed by atoms with Crippen molar-refractivity contribution in [2.45, 2.75) is 38.8 Å². The molecule has 0 aromatic heterocycles. The minimum absolute atomic E-state index is 0.354.